The average molecular weight is 540 g/mol. The number of hydrogen-bond acceptors (Lipinski definition) is 7. The standard InChI is InChI=1S/C26H26BrN3O5/c1-2-34-25-16-20(17-28-21-5-9-22(10-6-21)29-11-13-33-14-12-29)15-24(27)26(25)35-18-19-3-7-23(8-4-19)30(31)32/h3-10,15-17H,2,11-14,18H2,1H3. The van der Waals surface area contributed by atoms with Gasteiger partial charge in [0.15, 0.2) is 11.5 Å². The molecule has 0 unspecified atom stereocenters. The second kappa shape index (κ2) is 11.8. The molecule has 1 aliphatic heterocycles. The number of rotatable bonds is 9. The number of morpholine rings is 1. The Bertz CT molecular complexity index is 1180. The topological polar surface area (TPSA) is 86.4 Å². The van der Waals surface area contributed by atoms with E-state index in [4.69, 9.17) is 14.2 Å². The molecule has 0 radical (unpaired) electrons. The lowest BCUT2D eigenvalue weighted by Crippen LogP contribution is -2.36. The summed E-state index contributed by atoms with van der Waals surface area (Å²) >= 11 is 3.58. The zero-order valence-corrected chi connectivity index (χ0v) is 20.9. The van der Waals surface area contributed by atoms with Crippen LogP contribution in [0.25, 0.3) is 0 Å². The number of aliphatic imine (C=N–C) groups is 1. The monoisotopic (exact) mass is 539 g/mol. The molecule has 0 bridgehead atoms. The van der Waals surface area contributed by atoms with Crippen molar-refractivity contribution < 1.29 is 19.1 Å². The molecule has 1 heterocycles. The van der Waals surface area contributed by atoms with Gasteiger partial charge in [-0.2, -0.15) is 0 Å². The SMILES string of the molecule is CCOc1cc(C=Nc2ccc(N3CCOCC3)cc2)cc(Br)c1OCc1ccc([N+](=O)[O-])cc1. The minimum Gasteiger partial charge on any atom is -0.490 e. The third-order valence-corrected chi connectivity index (χ3v) is 6.04. The Balaban J connectivity index is 1.46. The van der Waals surface area contributed by atoms with E-state index in [1.54, 1.807) is 18.3 Å². The predicted molar refractivity (Wildman–Crippen MR) is 139 cm³/mol. The van der Waals surface area contributed by atoms with Crippen molar-refractivity contribution in [1.82, 2.24) is 0 Å². The van der Waals surface area contributed by atoms with Crippen molar-refractivity contribution in [3.63, 3.8) is 0 Å². The molecule has 0 aromatic heterocycles. The van der Waals surface area contributed by atoms with Crippen LogP contribution in [0.1, 0.15) is 18.1 Å². The van der Waals surface area contributed by atoms with Crippen molar-refractivity contribution in [2.75, 3.05) is 37.8 Å². The summed E-state index contributed by atoms with van der Waals surface area (Å²) in [5.41, 5.74) is 3.75. The second-order valence-corrected chi connectivity index (χ2v) is 8.70. The van der Waals surface area contributed by atoms with E-state index >= 15 is 0 Å². The molecule has 8 nitrogen and oxygen atoms in total. The molecule has 1 aliphatic rings. The molecular formula is C26H26BrN3O5. The summed E-state index contributed by atoms with van der Waals surface area (Å²) < 4.78 is 18.0. The largest absolute Gasteiger partial charge is 0.490 e. The van der Waals surface area contributed by atoms with Crippen LogP contribution < -0.4 is 14.4 Å². The van der Waals surface area contributed by atoms with Crippen LogP contribution in [0.5, 0.6) is 11.5 Å². The maximum Gasteiger partial charge on any atom is 0.269 e. The van der Waals surface area contributed by atoms with Gasteiger partial charge in [-0.05, 0) is 82.5 Å². The van der Waals surface area contributed by atoms with Gasteiger partial charge in [0.25, 0.3) is 5.69 Å². The molecular weight excluding hydrogens is 514 g/mol. The first-order valence-corrected chi connectivity index (χ1v) is 12.1. The van der Waals surface area contributed by atoms with Crippen molar-refractivity contribution in [1.29, 1.82) is 0 Å². The van der Waals surface area contributed by atoms with Crippen LogP contribution in [0.4, 0.5) is 17.1 Å². The van der Waals surface area contributed by atoms with Gasteiger partial charge in [-0.15, -0.1) is 0 Å². The van der Waals surface area contributed by atoms with E-state index in [1.807, 2.05) is 31.2 Å². The minimum atomic E-state index is -0.423. The van der Waals surface area contributed by atoms with Gasteiger partial charge >= 0.3 is 0 Å². The summed E-state index contributed by atoms with van der Waals surface area (Å²) in [4.78, 5) is 17.3. The average Bonchev–Trinajstić information content (AvgIpc) is 2.88. The molecule has 3 aromatic rings. The maximum absolute atomic E-state index is 10.8. The van der Waals surface area contributed by atoms with E-state index in [2.05, 4.69) is 38.0 Å². The van der Waals surface area contributed by atoms with Gasteiger partial charge in [0.1, 0.15) is 6.61 Å². The fourth-order valence-electron chi connectivity index (χ4n) is 3.66. The van der Waals surface area contributed by atoms with E-state index in [-0.39, 0.29) is 12.3 Å². The summed E-state index contributed by atoms with van der Waals surface area (Å²) in [7, 11) is 0. The molecule has 1 saturated heterocycles. The lowest BCUT2D eigenvalue weighted by molar-refractivity contribution is -0.384. The number of nitro benzene ring substituents is 1. The summed E-state index contributed by atoms with van der Waals surface area (Å²) in [5, 5.41) is 10.8. The van der Waals surface area contributed by atoms with Crippen LogP contribution in [0.2, 0.25) is 0 Å². The predicted octanol–water partition coefficient (Wildman–Crippen LogP) is 5.92. The van der Waals surface area contributed by atoms with Gasteiger partial charge in [-0.3, -0.25) is 15.1 Å². The van der Waals surface area contributed by atoms with Gasteiger partial charge in [0, 0.05) is 37.1 Å². The lowest BCUT2D eigenvalue weighted by atomic mass is 10.2. The molecule has 0 N–H and O–H groups in total. The quantitative estimate of drug-likeness (QED) is 0.190. The Morgan fingerprint density at radius 1 is 1.09 bits per heavy atom. The van der Waals surface area contributed by atoms with E-state index in [9.17, 15) is 10.1 Å². The van der Waals surface area contributed by atoms with Crippen LogP contribution in [0, 0.1) is 10.1 Å². The van der Waals surface area contributed by atoms with E-state index in [1.165, 1.54) is 17.8 Å². The highest BCUT2D eigenvalue weighted by molar-refractivity contribution is 9.10. The summed E-state index contributed by atoms with van der Waals surface area (Å²) in [6.07, 6.45) is 1.79. The normalized spacial score (nSPS) is 13.7. The number of anilines is 1. The Hall–Kier alpha value is -3.43. The van der Waals surface area contributed by atoms with Crippen molar-refractivity contribution in [3.05, 3.63) is 86.4 Å². The summed E-state index contributed by atoms with van der Waals surface area (Å²) in [6, 6.07) is 18.2. The molecule has 9 heteroatoms. The third-order valence-electron chi connectivity index (χ3n) is 5.45. The molecule has 0 spiro atoms. The Labute approximate surface area is 212 Å². The number of non-ortho nitro benzene ring substituents is 1. The van der Waals surface area contributed by atoms with E-state index in [0.29, 0.717) is 18.1 Å². The molecule has 0 amide bonds. The van der Waals surface area contributed by atoms with Crippen LogP contribution >= 0.6 is 15.9 Å². The molecule has 0 atom stereocenters. The molecule has 3 aromatic carbocycles. The summed E-state index contributed by atoms with van der Waals surface area (Å²) in [6.45, 7) is 5.94. The van der Waals surface area contributed by atoms with Crippen molar-refractivity contribution in [2.24, 2.45) is 4.99 Å². The van der Waals surface area contributed by atoms with Crippen LogP contribution in [-0.4, -0.2) is 44.0 Å². The molecule has 4 rings (SSSR count). The third kappa shape index (κ3) is 6.58. The highest BCUT2D eigenvalue weighted by atomic mass is 79.9. The van der Waals surface area contributed by atoms with Crippen molar-refractivity contribution >= 4 is 39.2 Å². The van der Waals surface area contributed by atoms with Crippen molar-refractivity contribution in [3.8, 4) is 11.5 Å². The summed E-state index contributed by atoms with van der Waals surface area (Å²) in [5.74, 6) is 1.16. The fraction of sp³-hybridized carbons (Fsp3) is 0.269. The minimum absolute atomic E-state index is 0.0457. The maximum atomic E-state index is 10.8. The first-order valence-electron chi connectivity index (χ1n) is 11.3. The van der Waals surface area contributed by atoms with Gasteiger partial charge in [-0.25, -0.2) is 0 Å². The molecule has 0 saturated carbocycles. The van der Waals surface area contributed by atoms with E-state index < -0.39 is 4.92 Å². The highest BCUT2D eigenvalue weighted by Gasteiger charge is 2.13. The van der Waals surface area contributed by atoms with Crippen LogP contribution in [0.3, 0.4) is 0 Å². The van der Waals surface area contributed by atoms with Gasteiger partial charge < -0.3 is 19.1 Å². The first kappa shape index (κ1) is 24.7. The number of nitro groups is 1. The zero-order chi connectivity index (χ0) is 24.6. The number of nitrogens with zero attached hydrogens (tertiary/aromatic N) is 3. The van der Waals surface area contributed by atoms with Gasteiger partial charge in [-0.1, -0.05) is 0 Å². The van der Waals surface area contributed by atoms with Crippen LogP contribution in [0.15, 0.2) is 70.1 Å². The molecule has 0 aliphatic carbocycles. The molecule has 182 valence electrons. The number of halogens is 1. The smallest absolute Gasteiger partial charge is 0.269 e. The zero-order valence-electron chi connectivity index (χ0n) is 19.4. The van der Waals surface area contributed by atoms with Gasteiger partial charge in [0.05, 0.1) is 34.9 Å². The first-order chi connectivity index (χ1) is 17.0. The number of hydrogen-bond donors (Lipinski definition) is 0. The molecule has 1 fully saturated rings. The Kier molecular flexibility index (Phi) is 8.33. The Morgan fingerprint density at radius 2 is 1.80 bits per heavy atom. The van der Waals surface area contributed by atoms with Crippen molar-refractivity contribution in [2.45, 2.75) is 13.5 Å². The van der Waals surface area contributed by atoms with E-state index in [0.717, 1.165) is 47.6 Å². The van der Waals surface area contributed by atoms with Crippen LogP contribution in [-0.2, 0) is 11.3 Å². The molecule has 35 heavy (non-hydrogen) atoms. The number of benzene rings is 3. The number of ether oxygens (including phenoxy) is 3. The lowest BCUT2D eigenvalue weighted by Gasteiger charge is -2.28. The fourth-order valence-corrected chi connectivity index (χ4v) is 4.23. The van der Waals surface area contributed by atoms with Gasteiger partial charge in [0.2, 0.25) is 0 Å². The Morgan fingerprint density at radius 3 is 2.46 bits per heavy atom. The second-order valence-electron chi connectivity index (χ2n) is 7.85. The highest BCUT2D eigenvalue weighted by Crippen LogP contribution is 2.37.